The molecule has 2 aliphatic rings. The number of benzene rings is 2. The Labute approximate surface area is 295 Å². The maximum Gasteiger partial charge on any atom is 0.411 e. The van der Waals surface area contributed by atoms with E-state index in [4.69, 9.17) is 9.47 Å². The van der Waals surface area contributed by atoms with Gasteiger partial charge in [0.05, 0.1) is 23.1 Å². The number of carbonyl (C=O) groups excluding carboxylic acids is 3. The summed E-state index contributed by atoms with van der Waals surface area (Å²) in [6.07, 6.45) is -1.43. The number of amides is 3. The van der Waals surface area contributed by atoms with Crippen molar-refractivity contribution < 1.29 is 33.7 Å². The Morgan fingerprint density at radius 2 is 1.26 bits per heavy atom. The lowest BCUT2D eigenvalue weighted by Gasteiger charge is -2.38. The summed E-state index contributed by atoms with van der Waals surface area (Å²) in [4.78, 5) is 59.8. The molecular formula is C33H36N6O9S2. The van der Waals surface area contributed by atoms with Crippen LogP contribution in [-0.4, -0.2) is 72.2 Å². The van der Waals surface area contributed by atoms with Gasteiger partial charge in [0.2, 0.25) is 5.91 Å². The fourth-order valence-corrected chi connectivity index (χ4v) is 6.31. The summed E-state index contributed by atoms with van der Waals surface area (Å²) in [6, 6.07) is 16.8. The number of hydrogen-bond acceptors (Lipinski definition) is 12. The lowest BCUT2D eigenvalue weighted by atomic mass is 10.0. The zero-order valence-corrected chi connectivity index (χ0v) is 27.8. The smallest absolute Gasteiger partial charge is 0.411 e. The normalized spacial score (nSPS) is 13.7. The first-order chi connectivity index (χ1) is 23.6. The van der Waals surface area contributed by atoms with E-state index in [9.17, 15) is 34.6 Å². The van der Waals surface area contributed by atoms with Gasteiger partial charge in [-0.05, 0) is 58.3 Å². The van der Waals surface area contributed by atoms with Crippen LogP contribution in [0, 0.1) is 32.1 Å². The molecule has 0 unspecified atom stereocenters. The molecule has 50 heavy (non-hydrogen) atoms. The summed E-state index contributed by atoms with van der Waals surface area (Å²) in [6.45, 7) is 4.70. The second kappa shape index (κ2) is 17.3. The molecule has 0 radical (unpaired) electrons. The van der Waals surface area contributed by atoms with Crippen molar-refractivity contribution in [3.8, 4) is 20.9 Å². The number of nitrogens with zero attached hydrogens (tertiary/aromatic N) is 3. The van der Waals surface area contributed by atoms with Gasteiger partial charge in [0.25, 0.3) is 11.4 Å². The predicted molar refractivity (Wildman–Crippen MR) is 192 cm³/mol. The summed E-state index contributed by atoms with van der Waals surface area (Å²) < 4.78 is 10.2. The van der Waals surface area contributed by atoms with E-state index < -0.39 is 22.0 Å². The van der Waals surface area contributed by atoms with Gasteiger partial charge in [-0.2, -0.15) is 0 Å². The molecule has 17 heteroatoms. The highest BCUT2D eigenvalue weighted by Crippen LogP contribution is 2.34. The van der Waals surface area contributed by atoms with Crippen molar-refractivity contribution in [1.82, 2.24) is 10.2 Å². The molecule has 2 fully saturated rings. The number of nitrogens with one attached hydrogen (secondary N) is 3. The predicted octanol–water partition coefficient (Wildman–Crippen LogP) is 7.08. The Bertz CT molecular complexity index is 1810. The zero-order chi connectivity index (χ0) is 34.9. The van der Waals surface area contributed by atoms with E-state index in [0.717, 1.165) is 34.0 Å². The molecule has 2 saturated heterocycles. The fourth-order valence-electron chi connectivity index (χ4n) is 4.86. The topological polar surface area (TPSA) is 195 Å². The minimum Gasteiger partial charge on any atom is -0.449 e. The van der Waals surface area contributed by atoms with E-state index in [2.05, 4.69) is 16.0 Å². The average molecular weight is 725 g/mol. The quantitative estimate of drug-likeness (QED) is 0.112. The zero-order valence-electron chi connectivity index (χ0n) is 26.2. The SMILES string of the molecule is C.CC(=O)N1CC(COC(=O)Nc2cc(-c3cccs3)ccc2[N+](=O)[O-])C1.O=C(Nc1cc(-c2cccs2)ccc1[N+](=O)[O-])OCC1CNC1. The number of hydrogen-bond donors (Lipinski definition) is 3. The summed E-state index contributed by atoms with van der Waals surface area (Å²) in [7, 11) is 0. The Morgan fingerprint density at radius 3 is 1.62 bits per heavy atom. The third kappa shape index (κ3) is 9.83. The number of rotatable bonds is 10. The second-order valence-electron chi connectivity index (χ2n) is 11.2. The molecule has 0 atom stereocenters. The van der Waals surface area contributed by atoms with Crippen molar-refractivity contribution >= 4 is 63.5 Å². The van der Waals surface area contributed by atoms with Gasteiger partial charge >= 0.3 is 12.2 Å². The van der Waals surface area contributed by atoms with Crippen LogP contribution in [-0.2, 0) is 14.3 Å². The monoisotopic (exact) mass is 724 g/mol. The van der Waals surface area contributed by atoms with Crippen molar-refractivity contribution in [3.05, 3.63) is 91.7 Å². The van der Waals surface area contributed by atoms with Crippen LogP contribution in [0.15, 0.2) is 71.4 Å². The first-order valence-electron chi connectivity index (χ1n) is 15.1. The highest BCUT2D eigenvalue weighted by atomic mass is 32.1. The standard InChI is InChI=1S/C17H17N3O5S.C15H15N3O4S.CH4/c1-11(21)19-8-12(9-19)10-25-17(22)18-14-7-13(16-3-2-6-26-16)4-5-15(14)20(23)24;19-15(22-9-10-7-16-8-10)17-12-6-11(14-2-1-5-23-14)3-4-13(12)18(20)21;/h2-7,12H,8-10H2,1H3,(H,18,22);1-6,10,16H,7-9H2,(H,17,19);1H4. The maximum atomic E-state index is 12.0. The Kier molecular flexibility index (Phi) is 13.0. The molecule has 0 bridgehead atoms. The molecule has 0 spiro atoms. The van der Waals surface area contributed by atoms with Gasteiger partial charge in [-0.25, -0.2) is 9.59 Å². The lowest BCUT2D eigenvalue weighted by Crippen LogP contribution is -2.51. The van der Waals surface area contributed by atoms with Crippen molar-refractivity contribution in [3.63, 3.8) is 0 Å². The van der Waals surface area contributed by atoms with Crippen molar-refractivity contribution in [1.29, 1.82) is 0 Å². The molecule has 4 heterocycles. The van der Waals surface area contributed by atoms with Gasteiger partial charge in [0.15, 0.2) is 0 Å². The van der Waals surface area contributed by atoms with Crippen molar-refractivity contribution in [2.45, 2.75) is 14.4 Å². The molecule has 2 aliphatic heterocycles. The molecule has 0 aliphatic carbocycles. The minimum absolute atomic E-state index is 0. The molecule has 3 N–H and O–H groups in total. The Balaban J connectivity index is 0.000000222. The van der Waals surface area contributed by atoms with E-state index in [0.29, 0.717) is 25.6 Å². The summed E-state index contributed by atoms with van der Waals surface area (Å²) >= 11 is 3.02. The van der Waals surface area contributed by atoms with Gasteiger partial charge < -0.3 is 19.7 Å². The molecule has 264 valence electrons. The third-order valence-corrected chi connectivity index (χ3v) is 9.48. The van der Waals surface area contributed by atoms with E-state index in [1.165, 1.54) is 41.7 Å². The van der Waals surface area contributed by atoms with Crippen LogP contribution < -0.4 is 16.0 Å². The van der Waals surface area contributed by atoms with Crippen molar-refractivity contribution in [2.75, 3.05) is 50.0 Å². The Morgan fingerprint density at radius 1 is 0.800 bits per heavy atom. The average Bonchev–Trinajstić information content (AvgIpc) is 3.75. The molecule has 3 amide bonds. The molecule has 6 rings (SSSR count). The molecule has 15 nitrogen and oxygen atoms in total. The number of thiophene rings is 2. The number of likely N-dealkylation sites (tertiary alicyclic amines) is 1. The molecule has 0 saturated carbocycles. The lowest BCUT2D eigenvalue weighted by molar-refractivity contribution is -0.384. The van der Waals surface area contributed by atoms with E-state index in [1.807, 2.05) is 35.0 Å². The fraction of sp³-hybridized carbons (Fsp3) is 0.303. The van der Waals surface area contributed by atoms with Crippen LogP contribution in [0.1, 0.15) is 14.4 Å². The van der Waals surface area contributed by atoms with Gasteiger partial charge in [-0.3, -0.25) is 35.7 Å². The summed E-state index contributed by atoms with van der Waals surface area (Å²) in [5, 5.41) is 34.2. The number of anilines is 2. The largest absolute Gasteiger partial charge is 0.449 e. The van der Waals surface area contributed by atoms with Crippen LogP contribution in [0.2, 0.25) is 0 Å². The number of nitro groups is 2. The number of ether oxygens (including phenoxy) is 2. The van der Waals surface area contributed by atoms with Crippen LogP contribution in [0.3, 0.4) is 0 Å². The molecule has 2 aromatic carbocycles. The van der Waals surface area contributed by atoms with Gasteiger partial charge in [0, 0.05) is 66.8 Å². The van der Waals surface area contributed by atoms with Gasteiger partial charge in [-0.15, -0.1) is 22.7 Å². The Hall–Kier alpha value is -5.39. The highest BCUT2D eigenvalue weighted by molar-refractivity contribution is 7.13. The number of nitro benzene ring substituents is 2. The van der Waals surface area contributed by atoms with Crippen LogP contribution in [0.5, 0.6) is 0 Å². The van der Waals surface area contributed by atoms with Crippen LogP contribution in [0.25, 0.3) is 20.9 Å². The van der Waals surface area contributed by atoms with Crippen LogP contribution in [0.4, 0.5) is 32.3 Å². The molecular weight excluding hydrogens is 689 g/mol. The highest BCUT2D eigenvalue weighted by Gasteiger charge is 2.30. The first-order valence-corrected chi connectivity index (χ1v) is 16.8. The van der Waals surface area contributed by atoms with Crippen molar-refractivity contribution in [2.24, 2.45) is 11.8 Å². The second-order valence-corrected chi connectivity index (χ2v) is 13.1. The maximum absolute atomic E-state index is 12.0. The molecule has 2 aromatic heterocycles. The van der Waals surface area contributed by atoms with Crippen LogP contribution >= 0.6 is 22.7 Å². The number of carbonyl (C=O) groups is 3. The third-order valence-electron chi connectivity index (χ3n) is 7.64. The minimum atomic E-state index is -0.752. The first kappa shape index (κ1) is 37.4. The van der Waals surface area contributed by atoms with E-state index in [-0.39, 0.29) is 48.6 Å². The van der Waals surface area contributed by atoms with Gasteiger partial charge in [0.1, 0.15) is 11.4 Å². The van der Waals surface area contributed by atoms with E-state index in [1.54, 1.807) is 29.2 Å². The van der Waals surface area contributed by atoms with Gasteiger partial charge in [-0.1, -0.05) is 19.6 Å². The van der Waals surface area contributed by atoms with E-state index >= 15 is 0 Å². The molecule has 4 aromatic rings. The summed E-state index contributed by atoms with van der Waals surface area (Å²) in [5.41, 5.74) is 1.45. The summed E-state index contributed by atoms with van der Waals surface area (Å²) in [5.74, 6) is 0.400.